The van der Waals surface area contributed by atoms with Crippen molar-refractivity contribution >= 4 is 32.7 Å². The lowest BCUT2D eigenvalue weighted by atomic mass is 10.1. The molecule has 4 rings (SSSR count). The number of para-hydroxylation sites is 1. The number of aromatic nitrogens is 2. The van der Waals surface area contributed by atoms with Gasteiger partial charge in [0.05, 0.1) is 22.6 Å². The first-order chi connectivity index (χ1) is 15.3. The minimum Gasteiger partial charge on any atom is -0.337 e. The molecule has 1 fully saturated rings. The molecule has 0 radical (unpaired) electrons. The summed E-state index contributed by atoms with van der Waals surface area (Å²) in [5.41, 5.74) is 1.43. The van der Waals surface area contributed by atoms with Gasteiger partial charge in [-0.3, -0.25) is 19.1 Å². The summed E-state index contributed by atoms with van der Waals surface area (Å²) in [4.78, 5) is 35.3. The zero-order valence-electron chi connectivity index (χ0n) is 19.0. The minimum atomic E-state index is -0.0882. The van der Waals surface area contributed by atoms with Gasteiger partial charge in [-0.25, -0.2) is 4.98 Å². The van der Waals surface area contributed by atoms with Gasteiger partial charge in [0.25, 0.3) is 5.56 Å². The number of carbonyl (C=O) groups excluding carboxylic acids is 1. The normalized spacial score (nSPS) is 18.3. The van der Waals surface area contributed by atoms with Crippen LogP contribution in [0.1, 0.15) is 39.6 Å². The third-order valence-electron chi connectivity index (χ3n) is 6.24. The molecule has 1 aliphatic heterocycles. The van der Waals surface area contributed by atoms with Crippen molar-refractivity contribution in [3.63, 3.8) is 0 Å². The zero-order chi connectivity index (χ0) is 23.0. The van der Waals surface area contributed by atoms with E-state index in [1.807, 2.05) is 67.3 Å². The number of piperazine rings is 1. The van der Waals surface area contributed by atoms with Crippen LogP contribution in [0.4, 0.5) is 0 Å². The molecule has 3 aromatic rings. The molecule has 0 bridgehead atoms. The Morgan fingerprint density at radius 1 is 1.06 bits per heavy atom. The lowest BCUT2D eigenvalue weighted by Crippen LogP contribution is -2.55. The van der Waals surface area contributed by atoms with E-state index in [-0.39, 0.29) is 29.5 Å². The van der Waals surface area contributed by atoms with Gasteiger partial charge in [0.15, 0.2) is 0 Å². The van der Waals surface area contributed by atoms with Crippen LogP contribution in [0.3, 0.4) is 0 Å². The lowest BCUT2D eigenvalue weighted by Gasteiger charge is -2.43. The second-order valence-corrected chi connectivity index (χ2v) is 9.73. The van der Waals surface area contributed by atoms with E-state index < -0.39 is 0 Å². The van der Waals surface area contributed by atoms with Gasteiger partial charge in [-0.15, -0.1) is 0 Å². The van der Waals surface area contributed by atoms with Crippen LogP contribution in [0.25, 0.3) is 16.6 Å². The number of nitrogens with zero attached hydrogens (tertiary/aromatic N) is 4. The molecule has 0 saturated carbocycles. The number of benzene rings is 2. The monoisotopic (exact) mass is 496 g/mol. The van der Waals surface area contributed by atoms with E-state index in [2.05, 4.69) is 34.7 Å². The van der Waals surface area contributed by atoms with Gasteiger partial charge in [-0.2, -0.15) is 0 Å². The first kappa shape index (κ1) is 22.7. The van der Waals surface area contributed by atoms with Gasteiger partial charge in [0.2, 0.25) is 5.91 Å². The van der Waals surface area contributed by atoms with E-state index in [1.165, 1.54) is 0 Å². The van der Waals surface area contributed by atoms with Crippen LogP contribution >= 0.6 is 15.9 Å². The fourth-order valence-corrected chi connectivity index (χ4v) is 4.69. The predicted molar refractivity (Wildman–Crippen MR) is 131 cm³/mol. The molecule has 168 valence electrons. The predicted octanol–water partition coefficient (Wildman–Crippen LogP) is 4.40. The summed E-state index contributed by atoms with van der Waals surface area (Å²) < 4.78 is 2.69. The molecule has 7 heteroatoms. The van der Waals surface area contributed by atoms with Crippen molar-refractivity contribution in [1.29, 1.82) is 0 Å². The smallest absolute Gasteiger partial charge is 0.266 e. The Bertz CT molecular complexity index is 1190. The Kier molecular flexibility index (Phi) is 6.49. The standard InChI is InChI=1S/C25H29BrN4O2/c1-16(2)24(31)29-14-13-28(15-17(29)3)18(4)23-27-22-8-6-5-7-21(22)25(32)30(23)20-11-9-19(26)10-12-20/h5-12,16-18H,13-15H2,1-4H3. The van der Waals surface area contributed by atoms with Crippen molar-refractivity contribution in [2.24, 2.45) is 5.92 Å². The molecule has 2 atom stereocenters. The minimum absolute atomic E-state index is 0.00818. The van der Waals surface area contributed by atoms with Crippen molar-refractivity contribution in [2.75, 3.05) is 19.6 Å². The maximum Gasteiger partial charge on any atom is 0.266 e. The van der Waals surface area contributed by atoms with Crippen LogP contribution < -0.4 is 5.56 Å². The third kappa shape index (κ3) is 4.24. The molecular formula is C25H29BrN4O2. The van der Waals surface area contributed by atoms with E-state index in [4.69, 9.17) is 4.98 Å². The van der Waals surface area contributed by atoms with Gasteiger partial charge in [0.1, 0.15) is 5.82 Å². The van der Waals surface area contributed by atoms with Gasteiger partial charge in [-0.05, 0) is 50.2 Å². The molecule has 0 aliphatic carbocycles. The number of hydrogen-bond acceptors (Lipinski definition) is 4. The van der Waals surface area contributed by atoms with Crippen LogP contribution in [0, 0.1) is 5.92 Å². The highest BCUT2D eigenvalue weighted by molar-refractivity contribution is 9.10. The highest BCUT2D eigenvalue weighted by Crippen LogP contribution is 2.26. The maximum atomic E-state index is 13.5. The second kappa shape index (κ2) is 9.16. The van der Waals surface area contributed by atoms with Crippen molar-refractivity contribution < 1.29 is 4.79 Å². The van der Waals surface area contributed by atoms with Crippen molar-refractivity contribution in [3.8, 4) is 5.69 Å². The summed E-state index contributed by atoms with van der Waals surface area (Å²) in [7, 11) is 0. The molecule has 2 aromatic carbocycles. The van der Waals surface area contributed by atoms with Gasteiger partial charge in [-0.1, -0.05) is 41.9 Å². The summed E-state index contributed by atoms with van der Waals surface area (Å²) in [6.45, 7) is 10.2. The number of hydrogen-bond donors (Lipinski definition) is 0. The second-order valence-electron chi connectivity index (χ2n) is 8.81. The van der Waals surface area contributed by atoms with Gasteiger partial charge >= 0.3 is 0 Å². The number of halogens is 1. The molecule has 1 saturated heterocycles. The number of amides is 1. The van der Waals surface area contributed by atoms with Gasteiger partial charge < -0.3 is 4.90 Å². The number of fused-ring (bicyclic) bond motifs is 1. The summed E-state index contributed by atoms with van der Waals surface area (Å²) >= 11 is 3.48. The molecule has 2 unspecified atom stereocenters. The highest BCUT2D eigenvalue weighted by Gasteiger charge is 2.32. The number of rotatable bonds is 4. The van der Waals surface area contributed by atoms with E-state index >= 15 is 0 Å². The third-order valence-corrected chi connectivity index (χ3v) is 6.77. The molecule has 0 N–H and O–H groups in total. The molecule has 32 heavy (non-hydrogen) atoms. The average molecular weight is 497 g/mol. The van der Waals surface area contributed by atoms with Crippen LogP contribution in [0.2, 0.25) is 0 Å². The van der Waals surface area contributed by atoms with Crippen molar-refractivity contribution in [3.05, 3.63) is 69.2 Å². The van der Waals surface area contributed by atoms with E-state index in [0.717, 1.165) is 23.2 Å². The number of carbonyl (C=O) groups is 1. The largest absolute Gasteiger partial charge is 0.337 e. The summed E-state index contributed by atoms with van der Waals surface area (Å²) in [6.07, 6.45) is 0. The lowest BCUT2D eigenvalue weighted by molar-refractivity contribution is -0.139. The first-order valence-electron chi connectivity index (χ1n) is 11.1. The molecule has 6 nitrogen and oxygen atoms in total. The zero-order valence-corrected chi connectivity index (χ0v) is 20.5. The Morgan fingerprint density at radius 3 is 2.41 bits per heavy atom. The molecule has 1 aromatic heterocycles. The summed E-state index contributed by atoms with van der Waals surface area (Å²) in [5.74, 6) is 0.901. The topological polar surface area (TPSA) is 58.4 Å². The fraction of sp³-hybridized carbons (Fsp3) is 0.400. The highest BCUT2D eigenvalue weighted by atomic mass is 79.9. The Balaban J connectivity index is 1.75. The molecular weight excluding hydrogens is 468 g/mol. The summed E-state index contributed by atoms with van der Waals surface area (Å²) in [6, 6.07) is 15.2. The van der Waals surface area contributed by atoms with E-state index in [1.54, 1.807) is 4.57 Å². The van der Waals surface area contributed by atoms with Crippen LogP contribution in [-0.4, -0.2) is 50.9 Å². The SMILES string of the molecule is CC(C)C(=O)N1CCN(C(C)c2nc3ccccc3c(=O)n2-c2ccc(Br)cc2)CC1C. The molecule has 2 heterocycles. The Labute approximate surface area is 197 Å². The van der Waals surface area contributed by atoms with Crippen molar-refractivity contribution in [1.82, 2.24) is 19.4 Å². The van der Waals surface area contributed by atoms with Crippen LogP contribution in [0.5, 0.6) is 0 Å². The van der Waals surface area contributed by atoms with Crippen LogP contribution in [0.15, 0.2) is 57.8 Å². The Hall–Kier alpha value is -2.51. The summed E-state index contributed by atoms with van der Waals surface area (Å²) in [5, 5.41) is 0.604. The maximum absolute atomic E-state index is 13.5. The van der Waals surface area contributed by atoms with E-state index in [0.29, 0.717) is 23.3 Å². The van der Waals surface area contributed by atoms with E-state index in [9.17, 15) is 9.59 Å². The molecule has 1 aliphatic rings. The molecule has 1 amide bonds. The average Bonchev–Trinajstić information content (AvgIpc) is 2.79. The van der Waals surface area contributed by atoms with Gasteiger partial charge in [0, 0.05) is 36.1 Å². The van der Waals surface area contributed by atoms with Crippen LogP contribution in [-0.2, 0) is 4.79 Å². The first-order valence-corrected chi connectivity index (χ1v) is 11.9. The Morgan fingerprint density at radius 2 is 1.75 bits per heavy atom. The fourth-order valence-electron chi connectivity index (χ4n) is 4.43. The molecule has 0 spiro atoms. The van der Waals surface area contributed by atoms with Crippen molar-refractivity contribution in [2.45, 2.75) is 39.8 Å². The quantitative estimate of drug-likeness (QED) is 0.537.